The van der Waals surface area contributed by atoms with Crippen LogP contribution in [-0.2, 0) is 11.1 Å². The number of alkyl halides is 3. The molecule has 0 saturated heterocycles. The van der Waals surface area contributed by atoms with Gasteiger partial charge in [-0.3, -0.25) is 4.57 Å². The zero-order valence-electron chi connectivity index (χ0n) is 13.1. The standard InChI is InChI=1S/C14H19F3N4O/c1-12(2,22)9-7-6-8-10(20-9)21(11(18-5)19-8)13(3,4)14(15,16)17/h6-7,22H,1-5H3,(H,18,19). The van der Waals surface area contributed by atoms with Gasteiger partial charge in [-0.25, -0.2) is 9.97 Å². The topological polar surface area (TPSA) is 63.0 Å². The fourth-order valence-corrected chi connectivity index (χ4v) is 2.12. The van der Waals surface area contributed by atoms with Crippen LogP contribution in [0, 0.1) is 0 Å². The number of pyridine rings is 1. The maximum atomic E-state index is 13.4. The minimum atomic E-state index is -4.49. The summed E-state index contributed by atoms with van der Waals surface area (Å²) in [5, 5.41) is 12.7. The highest BCUT2D eigenvalue weighted by atomic mass is 19.4. The predicted molar refractivity (Wildman–Crippen MR) is 77.7 cm³/mol. The van der Waals surface area contributed by atoms with Crippen LogP contribution in [0.4, 0.5) is 19.1 Å². The number of nitrogens with zero attached hydrogens (tertiary/aromatic N) is 3. The Morgan fingerprint density at radius 2 is 1.68 bits per heavy atom. The predicted octanol–water partition coefficient (Wildman–Crippen LogP) is 3.00. The fourth-order valence-electron chi connectivity index (χ4n) is 2.12. The van der Waals surface area contributed by atoms with E-state index in [2.05, 4.69) is 15.3 Å². The van der Waals surface area contributed by atoms with Gasteiger partial charge in [-0.2, -0.15) is 13.2 Å². The monoisotopic (exact) mass is 316 g/mol. The normalized spacial score (nSPS) is 13.7. The maximum Gasteiger partial charge on any atom is 0.411 e. The van der Waals surface area contributed by atoms with E-state index in [0.29, 0.717) is 5.52 Å². The molecule has 0 aliphatic carbocycles. The number of hydrogen-bond donors (Lipinski definition) is 2. The Labute approximate surface area is 126 Å². The molecule has 0 unspecified atom stereocenters. The molecule has 0 bridgehead atoms. The molecule has 0 fully saturated rings. The second-order valence-corrected chi connectivity index (χ2v) is 6.18. The zero-order chi connectivity index (χ0) is 16.9. The molecule has 0 saturated carbocycles. The van der Waals surface area contributed by atoms with Crippen molar-refractivity contribution in [2.24, 2.45) is 0 Å². The summed E-state index contributed by atoms with van der Waals surface area (Å²) in [5.41, 5.74) is -2.78. The third kappa shape index (κ3) is 2.51. The molecule has 2 N–H and O–H groups in total. The molecule has 2 rings (SSSR count). The van der Waals surface area contributed by atoms with Crippen LogP contribution in [0.2, 0.25) is 0 Å². The van der Waals surface area contributed by atoms with Crippen molar-refractivity contribution in [1.29, 1.82) is 0 Å². The summed E-state index contributed by atoms with van der Waals surface area (Å²) in [7, 11) is 1.50. The molecule has 2 aromatic rings. The van der Waals surface area contributed by atoms with E-state index in [9.17, 15) is 18.3 Å². The van der Waals surface area contributed by atoms with Crippen LogP contribution in [0.1, 0.15) is 33.4 Å². The number of rotatable bonds is 3. The van der Waals surface area contributed by atoms with Crippen molar-refractivity contribution in [3.05, 3.63) is 17.8 Å². The van der Waals surface area contributed by atoms with E-state index in [1.54, 1.807) is 12.1 Å². The van der Waals surface area contributed by atoms with Crippen LogP contribution in [0.15, 0.2) is 12.1 Å². The summed E-state index contributed by atoms with van der Waals surface area (Å²) in [6.45, 7) is 5.17. The van der Waals surface area contributed by atoms with Gasteiger partial charge >= 0.3 is 6.18 Å². The first-order chi connectivity index (χ1) is 9.89. The average molecular weight is 316 g/mol. The van der Waals surface area contributed by atoms with Crippen LogP contribution in [0.3, 0.4) is 0 Å². The summed E-state index contributed by atoms with van der Waals surface area (Å²) in [6.07, 6.45) is -4.49. The van der Waals surface area contributed by atoms with Crippen LogP contribution >= 0.6 is 0 Å². The van der Waals surface area contributed by atoms with Gasteiger partial charge in [0, 0.05) is 7.05 Å². The van der Waals surface area contributed by atoms with Crippen LogP contribution in [0.5, 0.6) is 0 Å². The van der Waals surface area contributed by atoms with Crippen LogP contribution in [0.25, 0.3) is 11.2 Å². The molecule has 8 heteroatoms. The maximum absolute atomic E-state index is 13.4. The first-order valence-corrected chi connectivity index (χ1v) is 6.77. The number of halogens is 3. The Balaban J connectivity index is 2.81. The Hall–Kier alpha value is -1.83. The fraction of sp³-hybridized carbons (Fsp3) is 0.571. The van der Waals surface area contributed by atoms with Crippen molar-refractivity contribution in [1.82, 2.24) is 14.5 Å². The second-order valence-electron chi connectivity index (χ2n) is 6.18. The van der Waals surface area contributed by atoms with Crippen molar-refractivity contribution in [2.45, 2.75) is 45.0 Å². The second kappa shape index (κ2) is 4.84. The van der Waals surface area contributed by atoms with Crippen molar-refractivity contribution in [3.63, 3.8) is 0 Å². The van der Waals surface area contributed by atoms with Crippen LogP contribution < -0.4 is 5.32 Å². The highest BCUT2D eigenvalue weighted by molar-refractivity contribution is 5.75. The van der Waals surface area contributed by atoms with Gasteiger partial charge in [0.1, 0.15) is 16.7 Å². The summed E-state index contributed by atoms with van der Waals surface area (Å²) < 4.78 is 41.3. The molecule has 2 aromatic heterocycles. The lowest BCUT2D eigenvalue weighted by Gasteiger charge is -2.31. The highest BCUT2D eigenvalue weighted by Crippen LogP contribution is 2.40. The number of aliphatic hydroxyl groups is 1. The molecule has 0 spiro atoms. The van der Waals surface area contributed by atoms with Crippen molar-refractivity contribution in [2.75, 3.05) is 12.4 Å². The molecule has 0 atom stereocenters. The molecule has 0 radical (unpaired) electrons. The summed E-state index contributed by atoms with van der Waals surface area (Å²) in [6, 6.07) is 3.11. The Morgan fingerprint density at radius 1 is 1.09 bits per heavy atom. The molecule has 5 nitrogen and oxygen atoms in total. The van der Waals surface area contributed by atoms with E-state index in [-0.39, 0.29) is 17.3 Å². The summed E-state index contributed by atoms with van der Waals surface area (Å²) >= 11 is 0. The number of anilines is 1. The van der Waals surface area contributed by atoms with Gasteiger partial charge < -0.3 is 10.4 Å². The first-order valence-electron chi connectivity index (χ1n) is 6.77. The molecule has 22 heavy (non-hydrogen) atoms. The van der Waals surface area contributed by atoms with Gasteiger partial charge in [0.25, 0.3) is 0 Å². The molecular formula is C14H19F3N4O. The quantitative estimate of drug-likeness (QED) is 0.914. The molecule has 0 aliphatic rings. The number of nitrogens with one attached hydrogen (secondary N) is 1. The van der Waals surface area contributed by atoms with E-state index in [4.69, 9.17) is 0 Å². The number of imidazole rings is 1. The van der Waals surface area contributed by atoms with Gasteiger partial charge in [-0.1, -0.05) is 0 Å². The van der Waals surface area contributed by atoms with Gasteiger partial charge in [0.2, 0.25) is 5.95 Å². The van der Waals surface area contributed by atoms with Gasteiger partial charge in [0.15, 0.2) is 5.65 Å². The Morgan fingerprint density at radius 3 is 2.14 bits per heavy atom. The van der Waals surface area contributed by atoms with Gasteiger partial charge in [0.05, 0.1) is 5.69 Å². The Bertz CT molecular complexity index is 698. The van der Waals surface area contributed by atoms with Crippen molar-refractivity contribution < 1.29 is 18.3 Å². The third-order valence-corrected chi connectivity index (χ3v) is 3.61. The lowest BCUT2D eigenvalue weighted by atomic mass is 10.0. The van der Waals surface area contributed by atoms with Crippen molar-refractivity contribution in [3.8, 4) is 0 Å². The number of fused-ring (bicyclic) bond motifs is 1. The molecular weight excluding hydrogens is 297 g/mol. The van der Waals surface area contributed by atoms with E-state index in [0.717, 1.165) is 18.4 Å². The molecule has 2 heterocycles. The van der Waals surface area contributed by atoms with E-state index < -0.39 is 17.3 Å². The largest absolute Gasteiger partial charge is 0.411 e. The minimum absolute atomic E-state index is 0.0673. The van der Waals surface area contributed by atoms with E-state index >= 15 is 0 Å². The SMILES string of the molecule is CNc1nc2ccc(C(C)(C)O)nc2n1C(C)(C)C(F)(F)F. The number of hydrogen-bond acceptors (Lipinski definition) is 4. The lowest BCUT2D eigenvalue weighted by Crippen LogP contribution is -2.42. The highest BCUT2D eigenvalue weighted by Gasteiger charge is 2.50. The number of aromatic nitrogens is 3. The van der Waals surface area contributed by atoms with Gasteiger partial charge in [-0.05, 0) is 39.8 Å². The van der Waals surface area contributed by atoms with Crippen molar-refractivity contribution >= 4 is 17.1 Å². The average Bonchev–Trinajstić information content (AvgIpc) is 2.73. The van der Waals surface area contributed by atoms with Crippen LogP contribution in [-0.4, -0.2) is 32.9 Å². The lowest BCUT2D eigenvalue weighted by molar-refractivity contribution is -0.201. The molecule has 0 aromatic carbocycles. The smallest absolute Gasteiger partial charge is 0.384 e. The summed E-state index contributed by atoms with van der Waals surface area (Å²) in [5.74, 6) is 0.0673. The Kier molecular flexibility index (Phi) is 3.64. The van der Waals surface area contributed by atoms with E-state index in [1.165, 1.54) is 20.9 Å². The zero-order valence-corrected chi connectivity index (χ0v) is 13.1. The van der Waals surface area contributed by atoms with E-state index in [1.807, 2.05) is 0 Å². The van der Waals surface area contributed by atoms with Gasteiger partial charge in [-0.15, -0.1) is 0 Å². The third-order valence-electron chi connectivity index (χ3n) is 3.61. The molecule has 122 valence electrons. The molecule has 0 aliphatic heterocycles. The molecule has 0 amide bonds. The first kappa shape index (κ1) is 16.5. The summed E-state index contributed by atoms with van der Waals surface area (Å²) in [4.78, 5) is 8.35. The minimum Gasteiger partial charge on any atom is -0.384 e.